The zero-order chi connectivity index (χ0) is 14.0. The summed E-state index contributed by atoms with van der Waals surface area (Å²) in [6.45, 7) is 1.28. The molecule has 0 saturated carbocycles. The molecule has 1 aromatic rings. The van der Waals surface area contributed by atoms with E-state index in [-0.39, 0.29) is 12.5 Å². The van der Waals surface area contributed by atoms with E-state index < -0.39 is 17.8 Å². The van der Waals surface area contributed by atoms with E-state index in [9.17, 15) is 13.6 Å². The van der Waals surface area contributed by atoms with Crippen molar-refractivity contribution >= 4 is 5.97 Å². The maximum Gasteiger partial charge on any atom is 0.307 e. The van der Waals surface area contributed by atoms with Crippen LogP contribution in [0.3, 0.4) is 0 Å². The van der Waals surface area contributed by atoms with Gasteiger partial charge in [-0.2, -0.15) is 0 Å². The molecular weight excluding hydrogens is 252 g/mol. The Morgan fingerprint density at radius 3 is 2.74 bits per heavy atom. The number of alkyl halides is 2. The lowest BCUT2D eigenvalue weighted by Gasteiger charge is -2.18. The molecule has 2 atom stereocenters. The van der Waals surface area contributed by atoms with E-state index in [4.69, 9.17) is 5.11 Å². The summed E-state index contributed by atoms with van der Waals surface area (Å²) in [6, 6.07) is 6.85. The molecule has 0 radical (unpaired) electrons. The molecule has 2 unspecified atom stereocenters. The molecule has 1 aliphatic heterocycles. The summed E-state index contributed by atoms with van der Waals surface area (Å²) < 4.78 is 26.3. The summed E-state index contributed by atoms with van der Waals surface area (Å²) >= 11 is 0. The predicted molar refractivity (Wildman–Crippen MR) is 67.3 cm³/mol. The molecule has 2 N–H and O–H groups in total. The van der Waals surface area contributed by atoms with Crippen LogP contribution in [-0.2, 0) is 11.2 Å². The van der Waals surface area contributed by atoms with Crippen LogP contribution in [0.1, 0.15) is 30.5 Å². The van der Waals surface area contributed by atoms with Crippen molar-refractivity contribution in [2.45, 2.75) is 31.7 Å². The summed E-state index contributed by atoms with van der Waals surface area (Å²) in [4.78, 5) is 10.9. The number of rotatable bonds is 4. The third-order valence-corrected chi connectivity index (χ3v) is 3.41. The Morgan fingerprint density at radius 2 is 2.16 bits per heavy atom. The number of nitrogens with one attached hydrogen (secondary N) is 1. The highest BCUT2D eigenvalue weighted by Gasteiger charge is 2.32. The van der Waals surface area contributed by atoms with Crippen LogP contribution in [0.4, 0.5) is 8.78 Å². The molecule has 0 spiro atoms. The van der Waals surface area contributed by atoms with Crippen molar-refractivity contribution in [3.05, 3.63) is 35.4 Å². The molecule has 19 heavy (non-hydrogen) atoms. The Balaban J connectivity index is 2.19. The Kier molecular flexibility index (Phi) is 3.85. The minimum absolute atomic E-state index is 0.153. The van der Waals surface area contributed by atoms with Crippen LogP contribution in [-0.4, -0.2) is 23.5 Å². The average molecular weight is 269 g/mol. The van der Waals surface area contributed by atoms with E-state index in [1.165, 1.54) is 0 Å². The molecule has 0 aromatic heterocycles. The lowest BCUT2D eigenvalue weighted by Crippen LogP contribution is -2.19. The van der Waals surface area contributed by atoms with Crippen LogP contribution >= 0.6 is 0 Å². The molecule has 1 saturated heterocycles. The Morgan fingerprint density at radius 1 is 1.47 bits per heavy atom. The van der Waals surface area contributed by atoms with Crippen LogP contribution in [0, 0.1) is 5.92 Å². The van der Waals surface area contributed by atoms with Crippen LogP contribution in [0.25, 0.3) is 0 Å². The maximum atomic E-state index is 13.2. The van der Waals surface area contributed by atoms with E-state index in [0.29, 0.717) is 18.5 Å². The van der Waals surface area contributed by atoms with Gasteiger partial charge in [-0.1, -0.05) is 24.3 Å². The van der Waals surface area contributed by atoms with Gasteiger partial charge in [-0.05, 0) is 24.5 Å². The van der Waals surface area contributed by atoms with Gasteiger partial charge in [0, 0.05) is 19.0 Å². The summed E-state index contributed by atoms with van der Waals surface area (Å²) in [5.41, 5.74) is 1.37. The van der Waals surface area contributed by atoms with Gasteiger partial charge in [-0.3, -0.25) is 4.79 Å². The number of halogens is 2. The zero-order valence-electron chi connectivity index (χ0n) is 10.7. The SMILES string of the molecule is CC(F)(F)Cc1ccccc1C1CC(C(=O)O)CN1. The molecule has 0 amide bonds. The Bertz CT molecular complexity index is 471. The first-order chi connectivity index (χ1) is 8.87. The molecule has 1 aliphatic rings. The summed E-state index contributed by atoms with van der Waals surface area (Å²) in [5.74, 6) is -4.05. The van der Waals surface area contributed by atoms with Gasteiger partial charge in [0.15, 0.2) is 0 Å². The van der Waals surface area contributed by atoms with Gasteiger partial charge < -0.3 is 10.4 Å². The first kappa shape index (κ1) is 13.9. The van der Waals surface area contributed by atoms with Crippen LogP contribution in [0.5, 0.6) is 0 Å². The highest BCUT2D eigenvalue weighted by Crippen LogP contribution is 2.31. The Hall–Kier alpha value is -1.49. The molecule has 1 aromatic carbocycles. The van der Waals surface area contributed by atoms with Crippen LogP contribution < -0.4 is 5.32 Å². The molecule has 0 bridgehead atoms. The standard InChI is InChI=1S/C14H17F2NO2/c1-14(15,16)7-9-4-2-3-5-11(9)12-6-10(8-17-12)13(18)19/h2-5,10,12,17H,6-8H2,1H3,(H,18,19). The lowest BCUT2D eigenvalue weighted by molar-refractivity contribution is -0.141. The lowest BCUT2D eigenvalue weighted by atomic mass is 9.93. The topological polar surface area (TPSA) is 49.3 Å². The van der Waals surface area contributed by atoms with Gasteiger partial charge in [0.2, 0.25) is 5.92 Å². The van der Waals surface area contributed by atoms with Gasteiger partial charge in [0.25, 0.3) is 0 Å². The molecule has 2 rings (SSSR count). The summed E-state index contributed by atoms with van der Waals surface area (Å²) in [6.07, 6.45) is 0.126. The summed E-state index contributed by atoms with van der Waals surface area (Å²) in [5, 5.41) is 12.1. The van der Waals surface area contributed by atoms with Crippen molar-refractivity contribution in [3.8, 4) is 0 Å². The highest BCUT2D eigenvalue weighted by molar-refractivity contribution is 5.70. The smallest absolute Gasteiger partial charge is 0.307 e. The molecule has 1 heterocycles. The fraction of sp³-hybridized carbons (Fsp3) is 0.500. The van der Waals surface area contributed by atoms with Crippen molar-refractivity contribution in [1.82, 2.24) is 5.32 Å². The third kappa shape index (κ3) is 3.50. The first-order valence-corrected chi connectivity index (χ1v) is 6.28. The molecule has 0 aliphatic carbocycles. The van der Waals surface area contributed by atoms with Crippen molar-refractivity contribution < 1.29 is 18.7 Å². The highest BCUT2D eigenvalue weighted by atomic mass is 19.3. The van der Waals surface area contributed by atoms with Gasteiger partial charge in [-0.25, -0.2) is 8.78 Å². The van der Waals surface area contributed by atoms with E-state index in [1.54, 1.807) is 24.3 Å². The zero-order valence-corrected chi connectivity index (χ0v) is 10.7. The number of hydrogen-bond acceptors (Lipinski definition) is 2. The van der Waals surface area contributed by atoms with Crippen molar-refractivity contribution in [2.24, 2.45) is 5.92 Å². The Labute approximate surface area is 110 Å². The fourth-order valence-electron chi connectivity index (χ4n) is 2.53. The first-order valence-electron chi connectivity index (χ1n) is 6.28. The predicted octanol–water partition coefficient (Wildman–Crippen LogP) is 2.62. The second kappa shape index (κ2) is 5.25. The minimum atomic E-state index is -2.76. The normalized spacial score (nSPS) is 23.5. The van der Waals surface area contributed by atoms with E-state index in [2.05, 4.69) is 5.32 Å². The van der Waals surface area contributed by atoms with Gasteiger partial charge in [0.05, 0.1) is 5.92 Å². The van der Waals surface area contributed by atoms with Gasteiger partial charge in [0.1, 0.15) is 0 Å². The van der Waals surface area contributed by atoms with Crippen molar-refractivity contribution in [3.63, 3.8) is 0 Å². The summed E-state index contributed by atoms with van der Waals surface area (Å²) in [7, 11) is 0. The second-order valence-electron chi connectivity index (χ2n) is 5.18. The number of benzene rings is 1. The number of carboxylic acids is 1. The number of carbonyl (C=O) groups is 1. The number of aliphatic carboxylic acids is 1. The van der Waals surface area contributed by atoms with Crippen LogP contribution in [0.2, 0.25) is 0 Å². The fourth-order valence-corrected chi connectivity index (χ4v) is 2.53. The van der Waals surface area contributed by atoms with Crippen LogP contribution in [0.15, 0.2) is 24.3 Å². The second-order valence-corrected chi connectivity index (χ2v) is 5.18. The van der Waals surface area contributed by atoms with Crippen molar-refractivity contribution in [2.75, 3.05) is 6.54 Å². The number of carboxylic acid groups (broad SMARTS) is 1. The molecule has 1 fully saturated rings. The molecule has 3 nitrogen and oxygen atoms in total. The maximum absolute atomic E-state index is 13.2. The van der Waals surface area contributed by atoms with E-state index in [0.717, 1.165) is 12.5 Å². The van der Waals surface area contributed by atoms with Gasteiger partial charge >= 0.3 is 5.97 Å². The third-order valence-electron chi connectivity index (χ3n) is 3.41. The van der Waals surface area contributed by atoms with E-state index >= 15 is 0 Å². The number of hydrogen-bond donors (Lipinski definition) is 2. The molecule has 104 valence electrons. The largest absolute Gasteiger partial charge is 0.481 e. The van der Waals surface area contributed by atoms with Gasteiger partial charge in [-0.15, -0.1) is 0 Å². The van der Waals surface area contributed by atoms with E-state index in [1.807, 2.05) is 0 Å². The molecule has 5 heteroatoms. The average Bonchev–Trinajstić information content (AvgIpc) is 2.76. The van der Waals surface area contributed by atoms with Crippen molar-refractivity contribution in [1.29, 1.82) is 0 Å². The quantitative estimate of drug-likeness (QED) is 0.883. The minimum Gasteiger partial charge on any atom is -0.481 e. The monoisotopic (exact) mass is 269 g/mol. The molecular formula is C14H17F2NO2.